The van der Waals surface area contributed by atoms with Crippen molar-refractivity contribution in [2.45, 2.75) is 0 Å². The van der Waals surface area contributed by atoms with Crippen molar-refractivity contribution in [1.29, 1.82) is 0 Å². The fraction of sp³-hybridized carbons (Fsp3) is 0. The van der Waals surface area contributed by atoms with Gasteiger partial charge in [-0.05, 0) is 0 Å². The van der Waals surface area contributed by atoms with Gasteiger partial charge in [0, 0.05) is 19.5 Å². The van der Waals surface area contributed by atoms with Crippen LogP contribution in [0.2, 0.25) is 0 Å². The van der Waals surface area contributed by atoms with Gasteiger partial charge in [0.05, 0.1) is 0 Å². The molecular weight excluding hydrogens is 145 g/mol. The average molecular weight is 145 g/mol. The van der Waals surface area contributed by atoms with Gasteiger partial charge >= 0.3 is 0 Å². The smallest absolute Gasteiger partial charge is 0 e. The summed E-state index contributed by atoms with van der Waals surface area (Å²) in [5.74, 6) is 0. The first-order valence-electron chi connectivity index (χ1n) is 0.400. The molecule has 4 heavy (non-hydrogen) atoms. The van der Waals surface area contributed by atoms with Crippen LogP contribution in [0.15, 0.2) is 0 Å². The van der Waals surface area contributed by atoms with E-state index in [2.05, 4.69) is 0 Å². The van der Waals surface area contributed by atoms with E-state index in [1.807, 2.05) is 0 Å². The first-order chi connectivity index (χ1) is 1.41. The molecule has 0 aromatic heterocycles. The first kappa shape index (κ1) is 9.05. The summed E-state index contributed by atoms with van der Waals surface area (Å²) < 4.78 is 0. The SMILES string of the molecule is [N-]=[N+]=[N-].[Rh]. The molecule has 0 aromatic carbocycles. The minimum atomic E-state index is 0. The van der Waals surface area contributed by atoms with E-state index in [1.54, 1.807) is 0 Å². The third kappa shape index (κ3) is 379. The summed E-state index contributed by atoms with van der Waals surface area (Å²) >= 11 is 0. The molecule has 0 heterocycles. The predicted molar refractivity (Wildman–Crippen MR) is 10.1 cm³/mol. The maximum absolute atomic E-state index is 6.75. The van der Waals surface area contributed by atoms with Crippen LogP contribution < -0.4 is 0 Å². The van der Waals surface area contributed by atoms with Gasteiger partial charge in [-0.15, -0.1) is 0 Å². The second kappa shape index (κ2) is 12.6. The third-order valence-electron chi connectivity index (χ3n) is 0. The molecule has 0 aliphatic heterocycles. The fourth-order valence-electron chi connectivity index (χ4n) is 0. The average Bonchev–Trinajstić information content (AvgIpc) is 0.918. The first-order valence-corrected chi connectivity index (χ1v) is 0.400. The van der Waals surface area contributed by atoms with Crippen LogP contribution in [0.1, 0.15) is 0 Å². The number of hydrogen-bond acceptors (Lipinski definition) is 0. The van der Waals surface area contributed by atoms with Crippen molar-refractivity contribution in [3.05, 3.63) is 16.0 Å². The van der Waals surface area contributed by atoms with Gasteiger partial charge in [0.25, 0.3) is 0 Å². The summed E-state index contributed by atoms with van der Waals surface area (Å²) in [5.41, 5.74) is 13.5. The Hall–Kier alpha value is -0.0666. The number of rotatable bonds is 0. The van der Waals surface area contributed by atoms with E-state index in [0.717, 1.165) is 0 Å². The maximum Gasteiger partial charge on any atom is 0 e. The van der Waals surface area contributed by atoms with Crippen molar-refractivity contribution in [2.24, 2.45) is 0 Å². The van der Waals surface area contributed by atoms with Crippen molar-refractivity contribution in [3.63, 3.8) is 0 Å². The van der Waals surface area contributed by atoms with E-state index in [0.29, 0.717) is 0 Å². The summed E-state index contributed by atoms with van der Waals surface area (Å²) in [7, 11) is 0. The van der Waals surface area contributed by atoms with E-state index in [1.165, 1.54) is 4.91 Å². The quantitative estimate of drug-likeness (QED) is 0.210. The van der Waals surface area contributed by atoms with Crippen molar-refractivity contribution >= 4 is 0 Å². The van der Waals surface area contributed by atoms with Gasteiger partial charge in [-0.1, -0.05) is 0 Å². The normalized spacial score (nSPS) is 2.00. The Morgan fingerprint density at radius 1 is 1.25 bits per heavy atom. The molecule has 0 N–H and O–H groups in total. The van der Waals surface area contributed by atoms with Gasteiger partial charge in [-0.25, -0.2) is 0 Å². The van der Waals surface area contributed by atoms with Crippen molar-refractivity contribution in [1.82, 2.24) is 0 Å². The van der Waals surface area contributed by atoms with E-state index < -0.39 is 0 Å². The van der Waals surface area contributed by atoms with Crippen LogP contribution in [0.5, 0.6) is 0 Å². The molecule has 0 fully saturated rings. The van der Waals surface area contributed by atoms with Gasteiger partial charge in [-0.3, -0.25) is 4.91 Å². The summed E-state index contributed by atoms with van der Waals surface area (Å²) in [4.78, 5) is 1.50. The molecule has 0 amide bonds. The summed E-state index contributed by atoms with van der Waals surface area (Å²) in [6.45, 7) is 0. The van der Waals surface area contributed by atoms with Crippen LogP contribution in [0.25, 0.3) is 16.0 Å². The fourth-order valence-corrected chi connectivity index (χ4v) is 0. The number of hydrogen-bond donors (Lipinski definition) is 0. The van der Waals surface area contributed by atoms with Gasteiger partial charge in [0.15, 0.2) is 0 Å². The zero-order valence-electron chi connectivity index (χ0n) is 1.67. The minimum absolute atomic E-state index is 0. The van der Waals surface area contributed by atoms with Crippen LogP contribution in [0.3, 0.4) is 0 Å². The zero-order chi connectivity index (χ0) is 2.71. The van der Waals surface area contributed by atoms with E-state index in [4.69, 9.17) is 11.1 Å². The topological polar surface area (TPSA) is 58.7 Å². The molecule has 0 aliphatic rings. The summed E-state index contributed by atoms with van der Waals surface area (Å²) in [6.07, 6.45) is 0. The molecule has 0 aliphatic carbocycles. The van der Waals surface area contributed by atoms with Crippen molar-refractivity contribution < 1.29 is 19.5 Å². The maximum atomic E-state index is 6.75. The van der Waals surface area contributed by atoms with Crippen LogP contribution in [0, 0.1) is 0 Å². The Morgan fingerprint density at radius 3 is 1.25 bits per heavy atom. The number of nitrogens with zero attached hydrogens (tertiary/aromatic N) is 3. The van der Waals surface area contributed by atoms with Crippen molar-refractivity contribution in [3.8, 4) is 0 Å². The Labute approximate surface area is 36.2 Å². The molecule has 25 valence electrons. The van der Waals surface area contributed by atoms with Gasteiger partial charge < -0.3 is 11.1 Å². The van der Waals surface area contributed by atoms with Crippen molar-refractivity contribution in [2.75, 3.05) is 0 Å². The zero-order valence-corrected chi connectivity index (χ0v) is 3.31. The molecule has 3 nitrogen and oxygen atoms in total. The molecule has 0 aromatic rings. The molecule has 0 saturated carbocycles. The largest absolute Gasteiger partial charge is 0.373 e. The van der Waals surface area contributed by atoms with Crippen LogP contribution >= 0.6 is 0 Å². The molecule has 0 saturated heterocycles. The Bertz CT molecular complexity index is 24.3. The monoisotopic (exact) mass is 145 g/mol. The minimum Gasteiger partial charge on any atom is -0.373 e. The van der Waals surface area contributed by atoms with Gasteiger partial charge in [0.1, 0.15) is 0 Å². The second-order valence-corrected chi connectivity index (χ2v) is 0.0894. The summed E-state index contributed by atoms with van der Waals surface area (Å²) in [5, 5.41) is 0. The molecule has 0 spiro atoms. The molecule has 0 rings (SSSR count). The molecule has 0 unspecified atom stereocenters. The van der Waals surface area contributed by atoms with E-state index >= 15 is 0 Å². The Morgan fingerprint density at radius 2 is 1.25 bits per heavy atom. The molecular formula is N3Rh-. The van der Waals surface area contributed by atoms with E-state index in [9.17, 15) is 0 Å². The van der Waals surface area contributed by atoms with Gasteiger partial charge in [0.2, 0.25) is 0 Å². The Balaban J connectivity index is 0. The van der Waals surface area contributed by atoms with Crippen LogP contribution in [0.4, 0.5) is 0 Å². The van der Waals surface area contributed by atoms with Crippen LogP contribution in [-0.2, 0) is 19.5 Å². The van der Waals surface area contributed by atoms with Gasteiger partial charge in [-0.2, -0.15) is 0 Å². The molecule has 4 heteroatoms. The van der Waals surface area contributed by atoms with Crippen LogP contribution in [-0.4, -0.2) is 0 Å². The molecule has 0 atom stereocenters. The summed E-state index contributed by atoms with van der Waals surface area (Å²) in [6, 6.07) is 0. The molecule has 0 bridgehead atoms. The Kier molecular flexibility index (Phi) is 28.5. The second-order valence-electron chi connectivity index (χ2n) is 0.0894. The predicted octanol–water partition coefficient (Wildman–Crippen LogP) is 0.864. The third-order valence-corrected chi connectivity index (χ3v) is 0. The molecule has 1 radical (unpaired) electrons. The van der Waals surface area contributed by atoms with E-state index in [-0.39, 0.29) is 19.5 Å². The standard InChI is InChI=1S/N3.Rh/c1-3-2;/q-1;.